The molecule has 0 aromatic heterocycles. The number of methoxy groups -OCH3 is 1. The molecule has 0 aliphatic carbocycles. The summed E-state index contributed by atoms with van der Waals surface area (Å²) in [7, 11) is 1.68. The van der Waals surface area contributed by atoms with Gasteiger partial charge in [-0.15, -0.1) is 0 Å². The van der Waals surface area contributed by atoms with E-state index in [4.69, 9.17) is 14.2 Å². The fourth-order valence-corrected chi connectivity index (χ4v) is 1.81. The molecule has 2 rings (SSSR count). The van der Waals surface area contributed by atoms with E-state index in [0.717, 1.165) is 12.8 Å². The van der Waals surface area contributed by atoms with Crippen LogP contribution in [0.1, 0.15) is 18.4 Å². The molecular weight excluding hydrogens is 204 g/mol. The topological polar surface area (TPSA) is 27.7 Å². The zero-order valence-electron chi connectivity index (χ0n) is 9.59. The van der Waals surface area contributed by atoms with E-state index in [-0.39, 0.29) is 12.4 Å². The molecule has 3 heteroatoms. The van der Waals surface area contributed by atoms with Gasteiger partial charge in [0.1, 0.15) is 0 Å². The van der Waals surface area contributed by atoms with Crippen molar-refractivity contribution in [2.75, 3.05) is 13.7 Å². The van der Waals surface area contributed by atoms with Gasteiger partial charge in [-0.1, -0.05) is 30.3 Å². The third-order valence-corrected chi connectivity index (χ3v) is 2.78. The SMILES string of the molecule is CO[C@H]1CC[C@H](OCc2ccccc2)CO1. The maximum Gasteiger partial charge on any atom is 0.157 e. The van der Waals surface area contributed by atoms with E-state index in [1.807, 2.05) is 18.2 Å². The first-order valence-electron chi connectivity index (χ1n) is 5.68. The smallest absolute Gasteiger partial charge is 0.157 e. The zero-order valence-corrected chi connectivity index (χ0v) is 9.59. The molecule has 0 radical (unpaired) electrons. The average molecular weight is 222 g/mol. The molecule has 1 heterocycles. The van der Waals surface area contributed by atoms with Crippen LogP contribution in [0, 0.1) is 0 Å². The van der Waals surface area contributed by atoms with Crippen LogP contribution in [0.25, 0.3) is 0 Å². The van der Waals surface area contributed by atoms with Crippen molar-refractivity contribution in [1.82, 2.24) is 0 Å². The van der Waals surface area contributed by atoms with Crippen molar-refractivity contribution in [2.24, 2.45) is 0 Å². The molecule has 0 spiro atoms. The van der Waals surface area contributed by atoms with Crippen LogP contribution in [-0.4, -0.2) is 26.1 Å². The van der Waals surface area contributed by atoms with Gasteiger partial charge in [-0.05, 0) is 12.0 Å². The molecule has 0 saturated carbocycles. The molecule has 3 nitrogen and oxygen atoms in total. The molecular formula is C13H18O3. The third-order valence-electron chi connectivity index (χ3n) is 2.78. The average Bonchev–Trinajstić information content (AvgIpc) is 2.38. The summed E-state index contributed by atoms with van der Waals surface area (Å²) in [4.78, 5) is 0. The van der Waals surface area contributed by atoms with Crippen LogP contribution in [-0.2, 0) is 20.8 Å². The minimum Gasteiger partial charge on any atom is -0.371 e. The number of hydrogen-bond donors (Lipinski definition) is 0. The quantitative estimate of drug-likeness (QED) is 0.782. The van der Waals surface area contributed by atoms with Gasteiger partial charge in [-0.3, -0.25) is 0 Å². The second-order valence-electron chi connectivity index (χ2n) is 3.99. The zero-order chi connectivity index (χ0) is 11.2. The monoisotopic (exact) mass is 222 g/mol. The molecule has 88 valence electrons. The van der Waals surface area contributed by atoms with Gasteiger partial charge in [-0.2, -0.15) is 0 Å². The molecule has 1 aromatic rings. The van der Waals surface area contributed by atoms with Crippen molar-refractivity contribution in [1.29, 1.82) is 0 Å². The van der Waals surface area contributed by atoms with Gasteiger partial charge < -0.3 is 14.2 Å². The number of hydrogen-bond acceptors (Lipinski definition) is 3. The molecule has 16 heavy (non-hydrogen) atoms. The maximum absolute atomic E-state index is 5.78. The Labute approximate surface area is 96.3 Å². The highest BCUT2D eigenvalue weighted by atomic mass is 16.7. The Kier molecular flexibility index (Phi) is 4.34. The molecule has 1 saturated heterocycles. The summed E-state index contributed by atoms with van der Waals surface area (Å²) in [5.74, 6) is 0. The molecule has 1 fully saturated rings. The van der Waals surface area contributed by atoms with Crippen molar-refractivity contribution in [3.63, 3.8) is 0 Å². The van der Waals surface area contributed by atoms with Crippen LogP contribution in [0.3, 0.4) is 0 Å². The Morgan fingerprint density at radius 3 is 2.69 bits per heavy atom. The number of benzene rings is 1. The van der Waals surface area contributed by atoms with Gasteiger partial charge in [0, 0.05) is 13.5 Å². The van der Waals surface area contributed by atoms with Crippen LogP contribution >= 0.6 is 0 Å². The van der Waals surface area contributed by atoms with Crippen molar-refractivity contribution in [2.45, 2.75) is 31.8 Å². The van der Waals surface area contributed by atoms with Crippen LogP contribution in [0.5, 0.6) is 0 Å². The summed E-state index contributed by atoms with van der Waals surface area (Å²) in [6, 6.07) is 10.2. The Morgan fingerprint density at radius 1 is 1.25 bits per heavy atom. The van der Waals surface area contributed by atoms with E-state index in [2.05, 4.69) is 12.1 Å². The second kappa shape index (κ2) is 5.99. The van der Waals surface area contributed by atoms with E-state index in [0.29, 0.717) is 13.2 Å². The Morgan fingerprint density at radius 2 is 2.06 bits per heavy atom. The van der Waals surface area contributed by atoms with Gasteiger partial charge in [0.2, 0.25) is 0 Å². The second-order valence-corrected chi connectivity index (χ2v) is 3.99. The van der Waals surface area contributed by atoms with E-state index < -0.39 is 0 Å². The molecule has 0 amide bonds. The molecule has 0 bridgehead atoms. The highest BCUT2D eigenvalue weighted by Gasteiger charge is 2.21. The molecule has 2 atom stereocenters. The highest BCUT2D eigenvalue weighted by Crippen LogP contribution is 2.17. The minimum atomic E-state index is -0.0448. The van der Waals surface area contributed by atoms with Gasteiger partial charge in [-0.25, -0.2) is 0 Å². The molecule has 1 aromatic carbocycles. The molecule has 1 aliphatic rings. The molecule has 0 N–H and O–H groups in total. The minimum absolute atomic E-state index is 0.0448. The van der Waals surface area contributed by atoms with Crippen LogP contribution < -0.4 is 0 Å². The van der Waals surface area contributed by atoms with E-state index in [9.17, 15) is 0 Å². The van der Waals surface area contributed by atoms with Crippen LogP contribution in [0.15, 0.2) is 30.3 Å². The summed E-state index contributed by atoms with van der Waals surface area (Å²) in [6.07, 6.45) is 2.07. The first-order chi connectivity index (χ1) is 7.88. The van der Waals surface area contributed by atoms with E-state index in [1.165, 1.54) is 5.56 Å². The largest absolute Gasteiger partial charge is 0.371 e. The molecule has 1 aliphatic heterocycles. The lowest BCUT2D eigenvalue weighted by atomic mass is 10.1. The summed E-state index contributed by atoms with van der Waals surface area (Å²) >= 11 is 0. The van der Waals surface area contributed by atoms with Gasteiger partial charge >= 0.3 is 0 Å². The van der Waals surface area contributed by atoms with Crippen molar-refractivity contribution < 1.29 is 14.2 Å². The van der Waals surface area contributed by atoms with Crippen molar-refractivity contribution in [3.8, 4) is 0 Å². The summed E-state index contributed by atoms with van der Waals surface area (Å²) in [5, 5.41) is 0. The van der Waals surface area contributed by atoms with E-state index in [1.54, 1.807) is 7.11 Å². The van der Waals surface area contributed by atoms with Gasteiger partial charge in [0.15, 0.2) is 6.29 Å². The normalized spacial score (nSPS) is 25.6. The first kappa shape index (κ1) is 11.6. The van der Waals surface area contributed by atoms with Crippen molar-refractivity contribution >= 4 is 0 Å². The van der Waals surface area contributed by atoms with E-state index >= 15 is 0 Å². The lowest BCUT2D eigenvalue weighted by Gasteiger charge is -2.28. The summed E-state index contributed by atoms with van der Waals surface area (Å²) in [6.45, 7) is 1.29. The number of ether oxygens (including phenoxy) is 3. The Hall–Kier alpha value is -0.900. The summed E-state index contributed by atoms with van der Waals surface area (Å²) < 4.78 is 16.4. The summed E-state index contributed by atoms with van der Waals surface area (Å²) in [5.41, 5.74) is 1.20. The van der Waals surface area contributed by atoms with Crippen LogP contribution in [0.4, 0.5) is 0 Å². The van der Waals surface area contributed by atoms with Gasteiger partial charge in [0.25, 0.3) is 0 Å². The number of rotatable bonds is 4. The predicted octanol–water partition coefficient (Wildman–Crippen LogP) is 2.35. The van der Waals surface area contributed by atoms with Crippen molar-refractivity contribution in [3.05, 3.63) is 35.9 Å². The third kappa shape index (κ3) is 3.30. The standard InChI is InChI=1S/C13H18O3/c1-14-13-8-7-12(10-16-13)15-9-11-5-3-2-4-6-11/h2-6,12-13H,7-10H2,1H3/t12-,13+/m0/s1. The maximum atomic E-state index is 5.78. The predicted molar refractivity (Wildman–Crippen MR) is 61.0 cm³/mol. The first-order valence-corrected chi connectivity index (χ1v) is 5.68. The van der Waals surface area contributed by atoms with Crippen LogP contribution in [0.2, 0.25) is 0 Å². The lowest BCUT2D eigenvalue weighted by molar-refractivity contribution is -0.184. The fourth-order valence-electron chi connectivity index (χ4n) is 1.81. The Bertz CT molecular complexity index is 291. The lowest BCUT2D eigenvalue weighted by Crippen LogP contribution is -2.32. The fraction of sp³-hybridized carbons (Fsp3) is 0.538. The Balaban J connectivity index is 1.72. The molecule has 0 unspecified atom stereocenters. The highest BCUT2D eigenvalue weighted by molar-refractivity contribution is 5.13. The van der Waals surface area contributed by atoms with Gasteiger partial charge in [0.05, 0.1) is 19.3 Å².